The van der Waals surface area contributed by atoms with Crippen molar-refractivity contribution in [2.45, 2.75) is 20.4 Å². The summed E-state index contributed by atoms with van der Waals surface area (Å²) in [6.45, 7) is 3.84. The van der Waals surface area contributed by atoms with Crippen LogP contribution in [0.2, 0.25) is 5.02 Å². The maximum atomic E-state index is 14.5. The number of ketones is 1. The second-order valence-corrected chi connectivity index (χ2v) is 8.11. The summed E-state index contributed by atoms with van der Waals surface area (Å²) >= 11 is 5.88. The number of nitrogens with zero attached hydrogens (tertiary/aromatic N) is 2. The van der Waals surface area contributed by atoms with Crippen LogP contribution >= 0.6 is 11.6 Å². The minimum Gasteiger partial charge on any atom is -0.481 e. The van der Waals surface area contributed by atoms with Gasteiger partial charge in [0.2, 0.25) is 5.88 Å². The molecule has 0 bridgehead atoms. The number of methoxy groups -OCH3 is 1. The van der Waals surface area contributed by atoms with Crippen LogP contribution in [0.1, 0.15) is 27.2 Å². The van der Waals surface area contributed by atoms with Crippen LogP contribution in [0.4, 0.5) is 10.1 Å². The van der Waals surface area contributed by atoms with Gasteiger partial charge in [0.25, 0.3) is 11.7 Å². The van der Waals surface area contributed by atoms with Gasteiger partial charge >= 0.3 is 0 Å². The van der Waals surface area contributed by atoms with Gasteiger partial charge in [-0.1, -0.05) is 29.3 Å². The Hall–Kier alpha value is -3.71. The van der Waals surface area contributed by atoms with Crippen molar-refractivity contribution < 1.29 is 18.7 Å². The number of nitrogens with one attached hydrogen (secondary N) is 1. The van der Waals surface area contributed by atoms with E-state index in [9.17, 15) is 14.0 Å². The van der Waals surface area contributed by atoms with E-state index in [-0.39, 0.29) is 12.1 Å². The number of Topliss-reactive ketones (excluding diaryl/α,β-unsaturated/α-hetero) is 1. The molecule has 0 atom stereocenters. The van der Waals surface area contributed by atoms with Crippen LogP contribution in [-0.4, -0.2) is 28.4 Å². The molecule has 2 heterocycles. The van der Waals surface area contributed by atoms with E-state index in [1.807, 2.05) is 29.7 Å². The Morgan fingerprint density at radius 1 is 1.12 bits per heavy atom. The molecule has 0 radical (unpaired) electrons. The average Bonchev–Trinajstić information content (AvgIpc) is 3.05. The topological polar surface area (TPSA) is 73.2 Å². The highest BCUT2D eigenvalue weighted by Crippen LogP contribution is 2.29. The van der Waals surface area contributed by atoms with E-state index >= 15 is 0 Å². The van der Waals surface area contributed by atoms with Crippen LogP contribution in [-0.2, 0) is 11.3 Å². The molecule has 0 spiro atoms. The van der Waals surface area contributed by atoms with Gasteiger partial charge in [-0.2, -0.15) is 0 Å². The van der Waals surface area contributed by atoms with Crippen LogP contribution in [0, 0.1) is 19.7 Å². The number of carbonyl (C=O) groups is 2. The zero-order valence-electron chi connectivity index (χ0n) is 18.3. The molecule has 1 N–H and O–H groups in total. The number of pyridine rings is 1. The molecule has 168 valence electrons. The number of carbonyl (C=O) groups excluding carboxylic acids is 2. The predicted molar refractivity (Wildman–Crippen MR) is 126 cm³/mol. The predicted octanol–water partition coefficient (Wildman–Crippen LogP) is 5.32. The number of benzene rings is 2. The second kappa shape index (κ2) is 9.03. The molecule has 8 heteroatoms. The first-order valence-electron chi connectivity index (χ1n) is 10.2. The quantitative estimate of drug-likeness (QED) is 0.309. The lowest BCUT2D eigenvalue weighted by molar-refractivity contribution is -0.112. The highest BCUT2D eigenvalue weighted by atomic mass is 35.5. The molecule has 0 aliphatic heterocycles. The first kappa shape index (κ1) is 22.5. The van der Waals surface area contributed by atoms with Crippen molar-refractivity contribution >= 4 is 39.9 Å². The number of ether oxygens (including phenoxy) is 1. The van der Waals surface area contributed by atoms with Gasteiger partial charge in [0.05, 0.1) is 19.2 Å². The maximum Gasteiger partial charge on any atom is 0.296 e. The zero-order chi connectivity index (χ0) is 23.7. The van der Waals surface area contributed by atoms with Crippen LogP contribution in [0.15, 0.2) is 54.7 Å². The molecule has 2 aromatic carbocycles. The first-order chi connectivity index (χ1) is 15.8. The number of rotatable bonds is 6. The fraction of sp³-hybridized carbons (Fsp3) is 0.160. The third-order valence-electron chi connectivity index (χ3n) is 5.46. The number of aromatic nitrogens is 2. The normalized spacial score (nSPS) is 10.9. The summed E-state index contributed by atoms with van der Waals surface area (Å²) in [6.07, 6.45) is 1.47. The summed E-state index contributed by atoms with van der Waals surface area (Å²) in [5.41, 5.74) is 3.33. The fourth-order valence-corrected chi connectivity index (χ4v) is 3.97. The van der Waals surface area contributed by atoms with Crippen molar-refractivity contribution in [3.8, 4) is 5.88 Å². The summed E-state index contributed by atoms with van der Waals surface area (Å²) in [4.78, 5) is 30.1. The van der Waals surface area contributed by atoms with Gasteiger partial charge < -0.3 is 14.6 Å². The number of hydrogen-bond donors (Lipinski definition) is 1. The lowest BCUT2D eigenvalue weighted by Crippen LogP contribution is -2.23. The number of aryl methyl sites for hydroxylation is 1. The Morgan fingerprint density at radius 3 is 2.64 bits per heavy atom. The number of halogens is 2. The molecule has 2 aromatic heterocycles. The molecule has 0 fully saturated rings. The molecule has 33 heavy (non-hydrogen) atoms. The summed E-state index contributed by atoms with van der Waals surface area (Å²) in [5.74, 6) is -1.60. The van der Waals surface area contributed by atoms with Crippen molar-refractivity contribution in [1.29, 1.82) is 0 Å². The van der Waals surface area contributed by atoms with Gasteiger partial charge in [0.1, 0.15) is 5.82 Å². The maximum absolute atomic E-state index is 14.5. The minimum atomic E-state index is -0.787. The molecule has 6 nitrogen and oxygen atoms in total. The third kappa shape index (κ3) is 4.45. The monoisotopic (exact) mass is 465 g/mol. The van der Waals surface area contributed by atoms with Crippen LogP contribution in [0.25, 0.3) is 10.9 Å². The van der Waals surface area contributed by atoms with E-state index in [0.29, 0.717) is 33.2 Å². The highest BCUT2D eigenvalue weighted by Gasteiger charge is 2.26. The summed E-state index contributed by atoms with van der Waals surface area (Å²) in [7, 11) is 1.46. The highest BCUT2D eigenvalue weighted by molar-refractivity contribution is 6.48. The lowest BCUT2D eigenvalue weighted by atomic mass is 10.0. The van der Waals surface area contributed by atoms with Gasteiger partial charge in [-0.05, 0) is 44.2 Å². The number of hydrogen-bond acceptors (Lipinski definition) is 4. The molecule has 0 aliphatic rings. The zero-order valence-corrected chi connectivity index (χ0v) is 19.0. The third-order valence-corrected chi connectivity index (χ3v) is 5.69. The molecule has 0 saturated carbocycles. The van der Waals surface area contributed by atoms with Crippen molar-refractivity contribution in [2.75, 3.05) is 12.4 Å². The summed E-state index contributed by atoms with van der Waals surface area (Å²) in [6, 6.07) is 13.2. The number of fused-ring (bicyclic) bond motifs is 1. The van der Waals surface area contributed by atoms with Gasteiger partial charge in [-0.3, -0.25) is 9.59 Å². The Morgan fingerprint density at radius 2 is 1.91 bits per heavy atom. The largest absolute Gasteiger partial charge is 0.481 e. The van der Waals surface area contributed by atoms with Crippen molar-refractivity contribution in [3.63, 3.8) is 0 Å². The lowest BCUT2D eigenvalue weighted by Gasteiger charge is -2.10. The molecule has 4 aromatic rings. The van der Waals surface area contributed by atoms with E-state index in [1.165, 1.54) is 25.4 Å². The fourth-order valence-electron chi connectivity index (χ4n) is 3.81. The van der Waals surface area contributed by atoms with Gasteiger partial charge in [0.15, 0.2) is 0 Å². The smallest absolute Gasteiger partial charge is 0.296 e. The summed E-state index contributed by atoms with van der Waals surface area (Å²) in [5, 5.41) is 3.54. The average molecular weight is 466 g/mol. The Balaban J connectivity index is 1.75. The summed E-state index contributed by atoms with van der Waals surface area (Å²) < 4.78 is 21.4. The molecule has 0 unspecified atom stereocenters. The standard InChI is InChI=1S/C25H21ClFN3O3/c1-14-4-7-21-19(10-14)23(15(2)30(21)13-16-5-6-17(26)11-20(16)27)24(31)25(32)29-18-8-9-28-22(12-18)33-3/h4-12H,13H2,1-3H3,(H,28,29,32). The molecular weight excluding hydrogens is 445 g/mol. The Labute approximate surface area is 195 Å². The second-order valence-electron chi connectivity index (χ2n) is 7.67. The number of anilines is 1. The van der Waals surface area contributed by atoms with Crippen LogP contribution in [0.3, 0.4) is 0 Å². The molecule has 0 saturated heterocycles. The Kier molecular flexibility index (Phi) is 6.16. The van der Waals surface area contributed by atoms with E-state index in [2.05, 4.69) is 10.3 Å². The van der Waals surface area contributed by atoms with Crippen LogP contribution in [0.5, 0.6) is 5.88 Å². The van der Waals surface area contributed by atoms with E-state index in [1.54, 1.807) is 25.1 Å². The first-order valence-corrected chi connectivity index (χ1v) is 10.6. The van der Waals surface area contributed by atoms with E-state index in [0.717, 1.165) is 11.1 Å². The molecule has 1 amide bonds. The van der Waals surface area contributed by atoms with E-state index in [4.69, 9.17) is 16.3 Å². The Bertz CT molecular complexity index is 1400. The molecule has 4 rings (SSSR count). The van der Waals surface area contributed by atoms with Crippen molar-refractivity contribution in [3.05, 3.63) is 88.0 Å². The van der Waals surface area contributed by atoms with Gasteiger partial charge in [0, 0.05) is 45.1 Å². The van der Waals surface area contributed by atoms with Gasteiger partial charge in [-0.25, -0.2) is 9.37 Å². The number of amides is 1. The van der Waals surface area contributed by atoms with Gasteiger partial charge in [-0.15, -0.1) is 0 Å². The minimum absolute atomic E-state index is 0.185. The van der Waals surface area contributed by atoms with Crippen molar-refractivity contribution in [2.24, 2.45) is 0 Å². The van der Waals surface area contributed by atoms with Crippen molar-refractivity contribution in [1.82, 2.24) is 9.55 Å². The SMILES string of the molecule is COc1cc(NC(=O)C(=O)c2c(C)n(Cc3ccc(Cl)cc3F)c3ccc(C)cc23)ccn1. The van der Waals surface area contributed by atoms with Crippen LogP contribution < -0.4 is 10.1 Å². The van der Waals surface area contributed by atoms with E-state index < -0.39 is 17.5 Å². The molecular formula is C25H21ClFN3O3. The molecule has 0 aliphatic carbocycles.